The van der Waals surface area contributed by atoms with Crippen LogP contribution >= 0.6 is 0 Å². The third-order valence-corrected chi connectivity index (χ3v) is 1.88. The van der Waals surface area contributed by atoms with Crippen molar-refractivity contribution >= 4 is 5.97 Å². The lowest BCUT2D eigenvalue weighted by molar-refractivity contribution is -0.148. The lowest BCUT2D eigenvalue weighted by atomic mass is 10.0. The number of carbonyl (C=O) groups is 1. The minimum absolute atomic E-state index is 0.448. The van der Waals surface area contributed by atoms with E-state index in [0.29, 0.717) is 12.5 Å². The number of ether oxygens (including phenoxy) is 1. The molecule has 12 heavy (non-hydrogen) atoms. The standard InChI is InChI=1S/C9H18O3/c1-3-5-8(4-2)7-12-9(11)6-10/h8,10H,3-7H2,1-2H3. The topological polar surface area (TPSA) is 46.5 Å². The van der Waals surface area contributed by atoms with Gasteiger partial charge in [-0.05, 0) is 12.3 Å². The zero-order chi connectivity index (χ0) is 9.40. The summed E-state index contributed by atoms with van der Waals surface area (Å²) in [6.07, 6.45) is 3.21. The SMILES string of the molecule is CCCC(CC)COC(=O)CO. The van der Waals surface area contributed by atoms with Crippen LogP contribution in [0.4, 0.5) is 0 Å². The Morgan fingerprint density at radius 2 is 2.17 bits per heavy atom. The van der Waals surface area contributed by atoms with Gasteiger partial charge in [0.05, 0.1) is 6.61 Å². The Kier molecular flexibility index (Phi) is 6.76. The molecule has 0 fully saturated rings. The number of rotatable bonds is 6. The Balaban J connectivity index is 3.50. The van der Waals surface area contributed by atoms with Crippen LogP contribution in [0.1, 0.15) is 33.1 Å². The van der Waals surface area contributed by atoms with Gasteiger partial charge in [0.15, 0.2) is 0 Å². The second-order valence-electron chi connectivity index (χ2n) is 2.90. The molecule has 1 N–H and O–H groups in total. The average molecular weight is 174 g/mol. The maximum Gasteiger partial charge on any atom is 0.331 e. The molecule has 0 bridgehead atoms. The van der Waals surface area contributed by atoms with Gasteiger partial charge in [-0.1, -0.05) is 26.7 Å². The maximum atomic E-state index is 10.6. The van der Waals surface area contributed by atoms with Crippen LogP contribution in [0.15, 0.2) is 0 Å². The molecule has 1 unspecified atom stereocenters. The van der Waals surface area contributed by atoms with Gasteiger partial charge in [-0.15, -0.1) is 0 Å². The normalized spacial score (nSPS) is 12.6. The molecule has 0 aromatic carbocycles. The monoisotopic (exact) mass is 174 g/mol. The lowest BCUT2D eigenvalue weighted by Crippen LogP contribution is -2.15. The first-order valence-corrected chi connectivity index (χ1v) is 4.51. The van der Waals surface area contributed by atoms with Crippen LogP contribution in [0.2, 0.25) is 0 Å². The molecule has 3 heteroatoms. The first-order chi connectivity index (χ1) is 5.74. The largest absolute Gasteiger partial charge is 0.464 e. The van der Waals surface area contributed by atoms with Crippen molar-refractivity contribution in [2.75, 3.05) is 13.2 Å². The Labute approximate surface area is 73.7 Å². The number of aliphatic hydroxyl groups is 1. The van der Waals surface area contributed by atoms with Crippen molar-refractivity contribution in [3.8, 4) is 0 Å². The molecule has 3 nitrogen and oxygen atoms in total. The van der Waals surface area contributed by atoms with E-state index < -0.39 is 12.6 Å². The summed E-state index contributed by atoms with van der Waals surface area (Å²) in [6, 6.07) is 0. The van der Waals surface area contributed by atoms with E-state index in [0.717, 1.165) is 19.3 Å². The van der Waals surface area contributed by atoms with Crippen molar-refractivity contribution in [2.24, 2.45) is 5.92 Å². The predicted molar refractivity (Wildman–Crippen MR) is 46.7 cm³/mol. The van der Waals surface area contributed by atoms with Crippen molar-refractivity contribution < 1.29 is 14.6 Å². The number of hydrogen-bond acceptors (Lipinski definition) is 3. The van der Waals surface area contributed by atoms with E-state index in [2.05, 4.69) is 13.8 Å². The third-order valence-electron chi connectivity index (χ3n) is 1.88. The van der Waals surface area contributed by atoms with Crippen LogP contribution < -0.4 is 0 Å². The molecule has 0 spiro atoms. The number of carbonyl (C=O) groups excluding carboxylic acids is 1. The molecule has 0 heterocycles. The molecule has 0 amide bonds. The van der Waals surface area contributed by atoms with Gasteiger partial charge in [-0.2, -0.15) is 0 Å². The summed E-state index contributed by atoms with van der Waals surface area (Å²) >= 11 is 0. The molecule has 0 saturated heterocycles. The molecule has 0 aromatic rings. The van der Waals surface area contributed by atoms with Gasteiger partial charge < -0.3 is 9.84 Å². The van der Waals surface area contributed by atoms with E-state index in [9.17, 15) is 4.79 Å². The van der Waals surface area contributed by atoms with Crippen molar-refractivity contribution in [2.45, 2.75) is 33.1 Å². The summed E-state index contributed by atoms with van der Waals surface area (Å²) in [5.41, 5.74) is 0. The summed E-state index contributed by atoms with van der Waals surface area (Å²) in [5.74, 6) is -0.0740. The van der Waals surface area contributed by atoms with E-state index in [1.54, 1.807) is 0 Å². The summed E-state index contributed by atoms with van der Waals surface area (Å²) < 4.78 is 4.81. The Morgan fingerprint density at radius 3 is 2.58 bits per heavy atom. The second kappa shape index (κ2) is 7.10. The van der Waals surface area contributed by atoms with Crippen LogP contribution in [0.25, 0.3) is 0 Å². The number of hydrogen-bond donors (Lipinski definition) is 1. The van der Waals surface area contributed by atoms with Gasteiger partial charge in [0.1, 0.15) is 6.61 Å². The highest BCUT2D eigenvalue weighted by Gasteiger charge is 2.07. The van der Waals surface area contributed by atoms with E-state index in [-0.39, 0.29) is 0 Å². The molecule has 0 radical (unpaired) electrons. The molecule has 0 rings (SSSR count). The van der Waals surface area contributed by atoms with Crippen LogP contribution in [-0.2, 0) is 9.53 Å². The van der Waals surface area contributed by atoms with Gasteiger partial charge in [-0.25, -0.2) is 4.79 Å². The zero-order valence-corrected chi connectivity index (χ0v) is 7.88. The van der Waals surface area contributed by atoms with Crippen LogP contribution in [0.5, 0.6) is 0 Å². The Bertz CT molecular complexity index is 123. The van der Waals surface area contributed by atoms with Gasteiger partial charge in [0, 0.05) is 0 Å². The summed E-state index contributed by atoms with van der Waals surface area (Å²) in [5, 5.41) is 8.38. The van der Waals surface area contributed by atoms with Crippen LogP contribution in [0, 0.1) is 5.92 Å². The fourth-order valence-electron chi connectivity index (χ4n) is 1.07. The summed E-state index contributed by atoms with van der Waals surface area (Å²) in [4.78, 5) is 10.6. The minimum Gasteiger partial charge on any atom is -0.464 e. The highest BCUT2D eigenvalue weighted by molar-refractivity contribution is 5.70. The maximum absolute atomic E-state index is 10.6. The fraction of sp³-hybridized carbons (Fsp3) is 0.889. The van der Waals surface area contributed by atoms with Crippen LogP contribution in [0.3, 0.4) is 0 Å². The highest BCUT2D eigenvalue weighted by atomic mass is 16.5. The second-order valence-corrected chi connectivity index (χ2v) is 2.90. The fourth-order valence-corrected chi connectivity index (χ4v) is 1.07. The first-order valence-electron chi connectivity index (χ1n) is 4.51. The predicted octanol–water partition coefficient (Wildman–Crippen LogP) is 1.35. The smallest absolute Gasteiger partial charge is 0.331 e. The van der Waals surface area contributed by atoms with Gasteiger partial charge in [-0.3, -0.25) is 0 Å². The molecule has 0 aliphatic rings. The number of aliphatic hydroxyl groups excluding tert-OH is 1. The third kappa shape index (κ3) is 5.13. The molecule has 0 saturated carbocycles. The van der Waals surface area contributed by atoms with Crippen molar-refractivity contribution in [1.29, 1.82) is 0 Å². The molecule has 0 aliphatic carbocycles. The van der Waals surface area contributed by atoms with Crippen LogP contribution in [-0.4, -0.2) is 24.3 Å². The number of esters is 1. The van der Waals surface area contributed by atoms with Crippen molar-refractivity contribution in [3.05, 3.63) is 0 Å². The Morgan fingerprint density at radius 1 is 1.50 bits per heavy atom. The molecule has 0 aromatic heterocycles. The summed E-state index contributed by atoms with van der Waals surface area (Å²) in [6.45, 7) is 4.12. The average Bonchev–Trinajstić information content (AvgIpc) is 2.11. The van der Waals surface area contributed by atoms with E-state index in [4.69, 9.17) is 9.84 Å². The van der Waals surface area contributed by atoms with Gasteiger partial charge in [0.25, 0.3) is 0 Å². The first kappa shape index (κ1) is 11.4. The zero-order valence-electron chi connectivity index (χ0n) is 7.88. The Hall–Kier alpha value is -0.570. The minimum atomic E-state index is -0.524. The van der Waals surface area contributed by atoms with Gasteiger partial charge >= 0.3 is 5.97 Å². The molecular weight excluding hydrogens is 156 g/mol. The molecular formula is C9H18O3. The van der Waals surface area contributed by atoms with E-state index in [1.807, 2.05) is 0 Å². The lowest BCUT2D eigenvalue weighted by Gasteiger charge is -2.12. The highest BCUT2D eigenvalue weighted by Crippen LogP contribution is 2.10. The molecule has 1 atom stereocenters. The van der Waals surface area contributed by atoms with Crippen molar-refractivity contribution in [1.82, 2.24) is 0 Å². The molecule has 0 aliphatic heterocycles. The van der Waals surface area contributed by atoms with E-state index in [1.165, 1.54) is 0 Å². The summed E-state index contributed by atoms with van der Waals surface area (Å²) in [7, 11) is 0. The van der Waals surface area contributed by atoms with E-state index >= 15 is 0 Å². The quantitative estimate of drug-likeness (QED) is 0.618. The van der Waals surface area contributed by atoms with Crippen molar-refractivity contribution in [3.63, 3.8) is 0 Å². The van der Waals surface area contributed by atoms with Gasteiger partial charge in [0.2, 0.25) is 0 Å². The molecule has 72 valence electrons.